The number of nitrogens with one attached hydrogen (secondary N) is 1. The molecule has 0 bridgehead atoms. The third-order valence-electron chi connectivity index (χ3n) is 2.53. The molecule has 100 valence electrons. The number of hydrogen-bond acceptors (Lipinski definition) is 6. The zero-order valence-corrected chi connectivity index (χ0v) is 10.9. The average Bonchev–Trinajstić information content (AvgIpc) is 2.47. The molecule has 6 heteroatoms. The first-order valence-corrected chi connectivity index (χ1v) is 5.77. The largest absolute Gasteiger partial charge is 0.497 e. The topological polar surface area (TPSA) is 82.3 Å². The van der Waals surface area contributed by atoms with E-state index in [1.165, 1.54) is 0 Å². The van der Waals surface area contributed by atoms with E-state index in [4.69, 9.17) is 15.2 Å². The summed E-state index contributed by atoms with van der Waals surface area (Å²) in [6.45, 7) is 0.374. The lowest BCUT2D eigenvalue weighted by molar-refractivity contribution is 0.395. The molecule has 1 heterocycles. The second-order valence-electron chi connectivity index (χ2n) is 3.80. The van der Waals surface area contributed by atoms with Crippen molar-refractivity contribution in [3.8, 4) is 11.5 Å². The third-order valence-corrected chi connectivity index (χ3v) is 2.53. The minimum atomic E-state index is 0.374. The van der Waals surface area contributed by atoms with E-state index in [1.807, 2.05) is 12.1 Å². The Morgan fingerprint density at radius 3 is 2.42 bits per heavy atom. The Morgan fingerprint density at radius 2 is 1.84 bits per heavy atom. The first kappa shape index (κ1) is 13.1. The highest BCUT2D eigenvalue weighted by Crippen LogP contribution is 2.27. The number of benzene rings is 1. The van der Waals surface area contributed by atoms with E-state index in [2.05, 4.69) is 15.3 Å². The zero-order valence-electron chi connectivity index (χ0n) is 10.9. The van der Waals surface area contributed by atoms with Gasteiger partial charge in [0.2, 0.25) is 5.95 Å². The van der Waals surface area contributed by atoms with E-state index in [1.54, 1.807) is 32.5 Å². The fourth-order valence-corrected chi connectivity index (χ4v) is 1.58. The normalized spacial score (nSPS) is 10.1. The number of methoxy groups -OCH3 is 2. The van der Waals surface area contributed by atoms with Gasteiger partial charge in [0.05, 0.1) is 19.9 Å². The maximum absolute atomic E-state index is 5.55. The van der Waals surface area contributed by atoms with Gasteiger partial charge in [0.25, 0.3) is 0 Å². The molecule has 3 N–H and O–H groups in total. The second kappa shape index (κ2) is 6.01. The molecule has 6 nitrogen and oxygen atoms in total. The number of rotatable bonds is 5. The number of anilines is 2. The Kier molecular flexibility index (Phi) is 4.15. The highest BCUT2D eigenvalue weighted by molar-refractivity contribution is 5.59. The van der Waals surface area contributed by atoms with Crippen molar-refractivity contribution in [2.24, 2.45) is 5.73 Å². The molecule has 2 rings (SSSR count). The first-order valence-electron chi connectivity index (χ1n) is 5.77. The fraction of sp³-hybridized carbons (Fsp3) is 0.231. The molecule has 0 radical (unpaired) electrons. The van der Waals surface area contributed by atoms with Gasteiger partial charge in [-0.15, -0.1) is 0 Å². The predicted octanol–water partition coefficient (Wildman–Crippen LogP) is 1.70. The summed E-state index contributed by atoms with van der Waals surface area (Å²) in [5.41, 5.74) is 7.10. The number of aromatic nitrogens is 2. The quantitative estimate of drug-likeness (QED) is 0.851. The Labute approximate surface area is 111 Å². The van der Waals surface area contributed by atoms with Gasteiger partial charge in [-0.3, -0.25) is 0 Å². The summed E-state index contributed by atoms with van der Waals surface area (Å²) in [5, 5.41) is 3.09. The van der Waals surface area contributed by atoms with Crippen LogP contribution in [-0.4, -0.2) is 24.2 Å². The van der Waals surface area contributed by atoms with Crippen molar-refractivity contribution in [1.82, 2.24) is 9.97 Å². The van der Waals surface area contributed by atoms with Crippen LogP contribution in [0.3, 0.4) is 0 Å². The van der Waals surface area contributed by atoms with E-state index >= 15 is 0 Å². The highest BCUT2D eigenvalue weighted by atomic mass is 16.5. The molecule has 0 saturated carbocycles. The summed E-state index contributed by atoms with van der Waals surface area (Å²) in [7, 11) is 3.20. The van der Waals surface area contributed by atoms with Crippen LogP contribution >= 0.6 is 0 Å². The van der Waals surface area contributed by atoms with Crippen molar-refractivity contribution in [3.63, 3.8) is 0 Å². The minimum absolute atomic E-state index is 0.374. The first-order chi connectivity index (χ1) is 9.25. The molecule has 19 heavy (non-hydrogen) atoms. The number of hydrogen-bond donors (Lipinski definition) is 2. The van der Waals surface area contributed by atoms with Gasteiger partial charge in [-0.1, -0.05) is 0 Å². The van der Waals surface area contributed by atoms with Crippen molar-refractivity contribution >= 4 is 11.6 Å². The van der Waals surface area contributed by atoms with Gasteiger partial charge < -0.3 is 20.5 Å². The van der Waals surface area contributed by atoms with Crippen LogP contribution in [0.5, 0.6) is 11.5 Å². The standard InChI is InChI=1S/C13H16N4O2/c1-18-11-5-10(6-12(7-11)19-2)17-13-15-4-3-9(8-14)16-13/h3-7H,8,14H2,1-2H3,(H,15,16,17). The van der Waals surface area contributed by atoms with Crippen molar-refractivity contribution < 1.29 is 9.47 Å². The Bertz CT molecular complexity index is 538. The summed E-state index contributed by atoms with van der Waals surface area (Å²) in [5.74, 6) is 1.87. The van der Waals surface area contributed by atoms with Crippen LogP contribution in [0.4, 0.5) is 11.6 Å². The van der Waals surface area contributed by atoms with Crippen molar-refractivity contribution in [2.75, 3.05) is 19.5 Å². The van der Waals surface area contributed by atoms with E-state index < -0.39 is 0 Å². The molecule has 1 aromatic carbocycles. The molecule has 0 amide bonds. The van der Waals surface area contributed by atoms with Crippen LogP contribution in [0.25, 0.3) is 0 Å². The molecule has 0 fully saturated rings. The molecule has 0 aliphatic rings. The van der Waals surface area contributed by atoms with Crippen molar-refractivity contribution in [1.29, 1.82) is 0 Å². The maximum atomic E-state index is 5.55. The van der Waals surface area contributed by atoms with Gasteiger partial charge in [-0.2, -0.15) is 0 Å². The molecule has 1 aromatic heterocycles. The molecule has 0 aliphatic heterocycles. The van der Waals surface area contributed by atoms with Crippen LogP contribution in [0.1, 0.15) is 5.69 Å². The summed E-state index contributed by atoms with van der Waals surface area (Å²) < 4.78 is 10.4. The zero-order chi connectivity index (χ0) is 13.7. The van der Waals surface area contributed by atoms with Gasteiger partial charge >= 0.3 is 0 Å². The Hall–Kier alpha value is -2.34. The lowest BCUT2D eigenvalue weighted by Gasteiger charge is -2.10. The molecular weight excluding hydrogens is 244 g/mol. The van der Waals surface area contributed by atoms with E-state index in [0.717, 1.165) is 11.4 Å². The molecule has 2 aromatic rings. The Balaban J connectivity index is 2.26. The maximum Gasteiger partial charge on any atom is 0.227 e. The summed E-state index contributed by atoms with van der Waals surface area (Å²) >= 11 is 0. The van der Waals surface area contributed by atoms with Gasteiger partial charge in [0.1, 0.15) is 11.5 Å². The summed E-state index contributed by atoms with van der Waals surface area (Å²) in [6.07, 6.45) is 1.66. The van der Waals surface area contributed by atoms with Crippen LogP contribution in [0.15, 0.2) is 30.5 Å². The lowest BCUT2D eigenvalue weighted by Crippen LogP contribution is -2.04. The predicted molar refractivity (Wildman–Crippen MR) is 72.8 cm³/mol. The van der Waals surface area contributed by atoms with E-state index in [9.17, 15) is 0 Å². The van der Waals surface area contributed by atoms with Gasteiger partial charge in [-0.25, -0.2) is 9.97 Å². The van der Waals surface area contributed by atoms with E-state index in [-0.39, 0.29) is 0 Å². The summed E-state index contributed by atoms with van der Waals surface area (Å²) in [6, 6.07) is 7.24. The third kappa shape index (κ3) is 3.32. The average molecular weight is 260 g/mol. The van der Waals surface area contributed by atoms with Crippen LogP contribution in [0.2, 0.25) is 0 Å². The fourth-order valence-electron chi connectivity index (χ4n) is 1.58. The van der Waals surface area contributed by atoms with Gasteiger partial charge in [0, 0.05) is 36.6 Å². The molecule has 0 saturated heterocycles. The second-order valence-corrected chi connectivity index (χ2v) is 3.80. The molecular formula is C13H16N4O2. The number of ether oxygens (including phenoxy) is 2. The SMILES string of the molecule is COc1cc(Nc2nccc(CN)n2)cc(OC)c1. The van der Waals surface area contributed by atoms with Crippen LogP contribution in [0, 0.1) is 0 Å². The van der Waals surface area contributed by atoms with Crippen LogP contribution < -0.4 is 20.5 Å². The van der Waals surface area contributed by atoms with Crippen LogP contribution in [-0.2, 0) is 6.54 Å². The number of nitrogens with zero attached hydrogens (tertiary/aromatic N) is 2. The highest BCUT2D eigenvalue weighted by Gasteiger charge is 2.04. The van der Waals surface area contributed by atoms with E-state index in [0.29, 0.717) is 24.0 Å². The molecule has 0 spiro atoms. The Morgan fingerprint density at radius 1 is 1.16 bits per heavy atom. The monoisotopic (exact) mass is 260 g/mol. The molecule has 0 aliphatic carbocycles. The van der Waals surface area contributed by atoms with Gasteiger partial charge in [0.15, 0.2) is 0 Å². The smallest absolute Gasteiger partial charge is 0.227 e. The molecule has 0 unspecified atom stereocenters. The number of nitrogens with two attached hydrogens (primary N) is 1. The van der Waals surface area contributed by atoms with Crippen molar-refractivity contribution in [3.05, 3.63) is 36.2 Å². The lowest BCUT2D eigenvalue weighted by atomic mass is 10.3. The van der Waals surface area contributed by atoms with Crippen molar-refractivity contribution in [2.45, 2.75) is 6.54 Å². The minimum Gasteiger partial charge on any atom is -0.497 e. The van der Waals surface area contributed by atoms with Gasteiger partial charge in [-0.05, 0) is 6.07 Å². The summed E-state index contributed by atoms with van der Waals surface area (Å²) in [4.78, 5) is 8.40. The molecule has 0 atom stereocenters.